The lowest BCUT2D eigenvalue weighted by Crippen LogP contribution is -2.09. The first-order valence-electron chi connectivity index (χ1n) is 5.80. The standard InChI is InChI=1S/C15H12ClNO2/c16-14-7-4-8-15(13(14)11-17)19-10-9-18-12-5-2-1-3-6-12/h1-8H,9-10H2. The van der Waals surface area contributed by atoms with Gasteiger partial charge in [0.25, 0.3) is 0 Å². The normalized spacial score (nSPS) is 9.68. The number of benzene rings is 2. The van der Waals surface area contributed by atoms with Crippen LogP contribution in [-0.4, -0.2) is 13.2 Å². The molecule has 0 atom stereocenters. The van der Waals surface area contributed by atoms with Crippen molar-refractivity contribution < 1.29 is 9.47 Å². The van der Waals surface area contributed by atoms with Crippen molar-refractivity contribution in [3.63, 3.8) is 0 Å². The Kier molecular flexibility index (Phi) is 4.66. The number of nitrogens with zero attached hydrogens (tertiary/aromatic N) is 1. The van der Waals surface area contributed by atoms with Crippen LogP contribution in [0.1, 0.15) is 5.56 Å². The summed E-state index contributed by atoms with van der Waals surface area (Å²) in [6, 6.07) is 16.6. The van der Waals surface area contributed by atoms with Crippen LogP contribution in [0, 0.1) is 11.3 Å². The molecule has 2 rings (SSSR count). The summed E-state index contributed by atoms with van der Waals surface area (Å²) < 4.78 is 11.0. The fourth-order valence-electron chi connectivity index (χ4n) is 1.56. The zero-order valence-corrected chi connectivity index (χ0v) is 10.9. The van der Waals surface area contributed by atoms with E-state index >= 15 is 0 Å². The van der Waals surface area contributed by atoms with Gasteiger partial charge in [0.05, 0.1) is 5.02 Å². The highest BCUT2D eigenvalue weighted by atomic mass is 35.5. The minimum Gasteiger partial charge on any atom is -0.490 e. The Morgan fingerprint density at radius 1 is 0.947 bits per heavy atom. The number of nitriles is 1. The van der Waals surface area contributed by atoms with Crippen LogP contribution in [0.2, 0.25) is 5.02 Å². The summed E-state index contributed by atoms with van der Waals surface area (Å²) in [5, 5.41) is 9.38. The second-order valence-corrected chi connectivity index (χ2v) is 4.14. The summed E-state index contributed by atoms with van der Waals surface area (Å²) in [6.07, 6.45) is 0. The van der Waals surface area contributed by atoms with Gasteiger partial charge >= 0.3 is 0 Å². The molecule has 19 heavy (non-hydrogen) atoms. The summed E-state index contributed by atoms with van der Waals surface area (Å²) in [5.74, 6) is 1.27. The molecule has 0 amide bonds. The van der Waals surface area contributed by atoms with Gasteiger partial charge in [0.2, 0.25) is 0 Å². The molecule has 2 aromatic carbocycles. The highest BCUT2D eigenvalue weighted by Gasteiger charge is 2.07. The molecule has 0 unspecified atom stereocenters. The molecule has 96 valence electrons. The summed E-state index contributed by atoms with van der Waals surface area (Å²) in [7, 11) is 0. The van der Waals surface area contributed by atoms with Gasteiger partial charge in [0.15, 0.2) is 0 Å². The second kappa shape index (κ2) is 6.67. The van der Waals surface area contributed by atoms with E-state index in [9.17, 15) is 0 Å². The van der Waals surface area contributed by atoms with E-state index in [1.54, 1.807) is 18.2 Å². The molecule has 0 saturated heterocycles. The fourth-order valence-corrected chi connectivity index (χ4v) is 1.77. The molecule has 0 saturated carbocycles. The Balaban J connectivity index is 1.87. The summed E-state index contributed by atoms with van der Waals surface area (Å²) in [4.78, 5) is 0. The zero-order chi connectivity index (χ0) is 13.5. The summed E-state index contributed by atoms with van der Waals surface area (Å²) >= 11 is 5.90. The number of halogens is 1. The molecule has 3 nitrogen and oxygen atoms in total. The van der Waals surface area contributed by atoms with Crippen molar-refractivity contribution in [2.24, 2.45) is 0 Å². The largest absolute Gasteiger partial charge is 0.490 e. The molecular weight excluding hydrogens is 262 g/mol. The van der Waals surface area contributed by atoms with Gasteiger partial charge in [-0.2, -0.15) is 5.26 Å². The average Bonchev–Trinajstić information content (AvgIpc) is 2.45. The Hall–Kier alpha value is -2.18. The van der Waals surface area contributed by atoms with Crippen LogP contribution in [0.4, 0.5) is 0 Å². The van der Waals surface area contributed by atoms with E-state index in [1.165, 1.54) is 0 Å². The second-order valence-electron chi connectivity index (χ2n) is 3.73. The Morgan fingerprint density at radius 3 is 2.42 bits per heavy atom. The van der Waals surface area contributed by atoms with Crippen molar-refractivity contribution >= 4 is 11.6 Å². The Morgan fingerprint density at radius 2 is 1.68 bits per heavy atom. The van der Waals surface area contributed by atoms with Crippen molar-refractivity contribution in [2.45, 2.75) is 0 Å². The third-order valence-electron chi connectivity index (χ3n) is 2.44. The zero-order valence-electron chi connectivity index (χ0n) is 10.2. The quantitative estimate of drug-likeness (QED) is 0.781. The van der Waals surface area contributed by atoms with E-state index in [-0.39, 0.29) is 0 Å². The molecule has 0 aliphatic heterocycles. The minimum atomic E-state index is 0.351. The topological polar surface area (TPSA) is 42.2 Å². The van der Waals surface area contributed by atoms with E-state index in [4.69, 9.17) is 26.3 Å². The SMILES string of the molecule is N#Cc1c(Cl)cccc1OCCOc1ccccc1. The van der Waals surface area contributed by atoms with Gasteiger partial charge in [-0.3, -0.25) is 0 Å². The van der Waals surface area contributed by atoms with Crippen LogP contribution in [0.3, 0.4) is 0 Å². The van der Waals surface area contributed by atoms with Gasteiger partial charge in [-0.1, -0.05) is 35.9 Å². The lowest BCUT2D eigenvalue weighted by molar-refractivity contribution is 0.217. The highest BCUT2D eigenvalue weighted by molar-refractivity contribution is 6.31. The molecule has 2 aromatic rings. The van der Waals surface area contributed by atoms with E-state index in [0.717, 1.165) is 5.75 Å². The third kappa shape index (κ3) is 3.64. The van der Waals surface area contributed by atoms with Gasteiger partial charge in [-0.05, 0) is 24.3 Å². The molecule has 4 heteroatoms. The molecule has 0 aliphatic rings. The number of ether oxygens (including phenoxy) is 2. The molecule has 0 N–H and O–H groups in total. The maximum atomic E-state index is 8.99. The van der Waals surface area contributed by atoms with Gasteiger partial charge in [-0.15, -0.1) is 0 Å². The molecule has 0 fully saturated rings. The maximum Gasteiger partial charge on any atom is 0.138 e. The van der Waals surface area contributed by atoms with Gasteiger partial charge in [-0.25, -0.2) is 0 Å². The first-order valence-corrected chi connectivity index (χ1v) is 6.18. The minimum absolute atomic E-state index is 0.351. The molecular formula is C15H12ClNO2. The Labute approximate surface area is 117 Å². The van der Waals surface area contributed by atoms with Crippen LogP contribution in [0.15, 0.2) is 48.5 Å². The number of hydrogen-bond acceptors (Lipinski definition) is 3. The van der Waals surface area contributed by atoms with Crippen molar-refractivity contribution in [2.75, 3.05) is 13.2 Å². The van der Waals surface area contributed by atoms with Crippen LogP contribution in [0.5, 0.6) is 11.5 Å². The lowest BCUT2D eigenvalue weighted by atomic mass is 10.2. The van der Waals surface area contributed by atoms with E-state index in [0.29, 0.717) is 29.5 Å². The van der Waals surface area contributed by atoms with Gasteiger partial charge in [0, 0.05) is 0 Å². The number of para-hydroxylation sites is 1. The molecule has 0 bridgehead atoms. The number of hydrogen-bond donors (Lipinski definition) is 0. The van der Waals surface area contributed by atoms with E-state index in [1.807, 2.05) is 36.4 Å². The molecule has 0 aromatic heterocycles. The average molecular weight is 274 g/mol. The summed E-state index contributed by atoms with van der Waals surface area (Å²) in [6.45, 7) is 0.755. The lowest BCUT2D eigenvalue weighted by Gasteiger charge is -2.09. The first-order chi connectivity index (χ1) is 9.31. The van der Waals surface area contributed by atoms with Gasteiger partial charge in [0.1, 0.15) is 36.3 Å². The van der Waals surface area contributed by atoms with Crippen molar-refractivity contribution in [3.05, 3.63) is 59.1 Å². The number of rotatable bonds is 5. The third-order valence-corrected chi connectivity index (χ3v) is 2.75. The monoisotopic (exact) mass is 273 g/mol. The van der Waals surface area contributed by atoms with Crippen LogP contribution < -0.4 is 9.47 Å². The van der Waals surface area contributed by atoms with Crippen LogP contribution in [0.25, 0.3) is 0 Å². The van der Waals surface area contributed by atoms with Crippen LogP contribution in [-0.2, 0) is 0 Å². The van der Waals surface area contributed by atoms with Crippen LogP contribution >= 0.6 is 11.6 Å². The van der Waals surface area contributed by atoms with Crippen molar-refractivity contribution in [1.29, 1.82) is 5.26 Å². The Bertz CT molecular complexity index is 578. The molecule has 0 aliphatic carbocycles. The fraction of sp³-hybridized carbons (Fsp3) is 0.133. The molecule has 0 spiro atoms. The van der Waals surface area contributed by atoms with Gasteiger partial charge < -0.3 is 9.47 Å². The first kappa shape index (κ1) is 13.3. The smallest absolute Gasteiger partial charge is 0.138 e. The highest BCUT2D eigenvalue weighted by Crippen LogP contribution is 2.25. The predicted octanol–water partition coefficient (Wildman–Crippen LogP) is 3.67. The van der Waals surface area contributed by atoms with Crippen molar-refractivity contribution in [3.8, 4) is 17.6 Å². The van der Waals surface area contributed by atoms with Crippen molar-refractivity contribution in [1.82, 2.24) is 0 Å². The van der Waals surface area contributed by atoms with E-state index in [2.05, 4.69) is 0 Å². The molecule has 0 heterocycles. The van der Waals surface area contributed by atoms with E-state index < -0.39 is 0 Å². The summed E-state index contributed by atoms with van der Waals surface area (Å²) in [5.41, 5.74) is 0.351. The molecule has 0 radical (unpaired) electrons. The predicted molar refractivity (Wildman–Crippen MR) is 73.6 cm³/mol. The maximum absolute atomic E-state index is 8.99.